The van der Waals surface area contributed by atoms with Crippen LogP contribution in [0.15, 0.2) is 24.3 Å². The first-order valence-electron chi connectivity index (χ1n) is 11.1. The smallest absolute Gasteiger partial charge is 0.246 e. The lowest BCUT2D eigenvalue weighted by Crippen LogP contribution is -2.66. The van der Waals surface area contributed by atoms with E-state index >= 15 is 0 Å². The first-order valence-corrected chi connectivity index (χ1v) is 11.1. The predicted molar refractivity (Wildman–Crippen MR) is 118 cm³/mol. The molecule has 4 N–H and O–H groups in total. The molecule has 1 aromatic carbocycles. The first-order chi connectivity index (χ1) is 14.2. The summed E-state index contributed by atoms with van der Waals surface area (Å²) in [5.41, 5.74) is 2.13. The SMILES string of the molecule is CC1(C)CC(N[C@@H]2CC[C@@H]2NC(=O)COCc2nc3ccccc3[nH]2)CC(C)(C)N1. The average molecular weight is 414 g/mol. The van der Waals surface area contributed by atoms with E-state index in [1.165, 1.54) is 0 Å². The van der Waals surface area contributed by atoms with Gasteiger partial charge in [0.25, 0.3) is 0 Å². The summed E-state index contributed by atoms with van der Waals surface area (Å²) >= 11 is 0. The molecule has 0 bridgehead atoms. The summed E-state index contributed by atoms with van der Waals surface area (Å²) in [6, 6.07) is 8.85. The molecule has 1 amide bonds. The Bertz CT molecular complexity index is 842. The van der Waals surface area contributed by atoms with Crippen LogP contribution >= 0.6 is 0 Å². The molecule has 1 aliphatic heterocycles. The van der Waals surface area contributed by atoms with Gasteiger partial charge in [0.15, 0.2) is 0 Å². The first kappa shape index (κ1) is 21.3. The van der Waals surface area contributed by atoms with Gasteiger partial charge in [0, 0.05) is 29.2 Å². The molecule has 30 heavy (non-hydrogen) atoms. The molecule has 0 unspecified atom stereocenters. The molecule has 0 spiro atoms. The standard InChI is InChI=1S/C23H35N5O2/c1-22(2)11-15(12-23(3,4)28-22)24-18-9-10-19(18)27-21(29)14-30-13-20-25-16-7-5-6-8-17(16)26-20/h5-8,15,18-19,24,28H,9-14H2,1-4H3,(H,25,26)(H,27,29)/t18-,19+/m1/s1. The monoisotopic (exact) mass is 413 g/mol. The zero-order valence-corrected chi connectivity index (χ0v) is 18.5. The number of fused-ring (bicyclic) bond motifs is 1. The van der Waals surface area contributed by atoms with Crippen LogP contribution in [0.25, 0.3) is 11.0 Å². The highest BCUT2D eigenvalue weighted by Gasteiger charge is 2.40. The van der Waals surface area contributed by atoms with Gasteiger partial charge in [0.2, 0.25) is 5.91 Å². The molecular formula is C23H35N5O2. The Morgan fingerprint density at radius 3 is 2.50 bits per heavy atom. The highest BCUT2D eigenvalue weighted by Crippen LogP contribution is 2.30. The van der Waals surface area contributed by atoms with Crippen LogP contribution in [0.3, 0.4) is 0 Å². The van der Waals surface area contributed by atoms with E-state index in [2.05, 4.69) is 53.6 Å². The minimum absolute atomic E-state index is 0.0493. The van der Waals surface area contributed by atoms with Crippen molar-refractivity contribution in [3.05, 3.63) is 30.1 Å². The number of carbonyl (C=O) groups excluding carboxylic acids is 1. The summed E-state index contributed by atoms with van der Waals surface area (Å²) < 4.78 is 5.59. The second-order valence-corrected chi connectivity index (χ2v) is 10.2. The second kappa shape index (κ2) is 8.29. The summed E-state index contributed by atoms with van der Waals surface area (Å²) in [6.45, 7) is 9.41. The number of rotatable bonds is 7. The van der Waals surface area contributed by atoms with Crippen molar-refractivity contribution in [2.45, 2.75) is 89.2 Å². The van der Waals surface area contributed by atoms with E-state index in [1.807, 2.05) is 24.3 Å². The number of H-pyrrole nitrogens is 1. The number of piperidine rings is 1. The van der Waals surface area contributed by atoms with E-state index < -0.39 is 0 Å². The number of hydrogen-bond acceptors (Lipinski definition) is 5. The molecule has 2 aliphatic rings. The van der Waals surface area contributed by atoms with E-state index in [0.29, 0.717) is 18.7 Å². The Morgan fingerprint density at radius 2 is 1.83 bits per heavy atom. The van der Waals surface area contributed by atoms with E-state index in [4.69, 9.17) is 4.74 Å². The lowest BCUT2D eigenvalue weighted by molar-refractivity contribution is -0.127. The van der Waals surface area contributed by atoms with Crippen LogP contribution in [-0.4, -0.2) is 51.7 Å². The number of imidazole rings is 1. The molecule has 1 saturated carbocycles. The van der Waals surface area contributed by atoms with Crippen molar-refractivity contribution in [1.82, 2.24) is 25.9 Å². The molecule has 7 nitrogen and oxygen atoms in total. The van der Waals surface area contributed by atoms with Crippen LogP contribution in [0.2, 0.25) is 0 Å². The number of hydrogen-bond donors (Lipinski definition) is 4. The Kier molecular flexibility index (Phi) is 5.88. The topological polar surface area (TPSA) is 91.1 Å². The normalized spacial score (nSPS) is 25.7. The molecule has 2 fully saturated rings. The highest BCUT2D eigenvalue weighted by molar-refractivity contribution is 5.77. The predicted octanol–water partition coefficient (Wildman–Crippen LogP) is 2.63. The fraction of sp³-hybridized carbons (Fsp3) is 0.652. The number of aromatic nitrogens is 2. The number of nitrogens with zero attached hydrogens (tertiary/aromatic N) is 1. The lowest BCUT2D eigenvalue weighted by atomic mass is 9.77. The molecule has 1 saturated heterocycles. The number of benzene rings is 1. The molecular weight excluding hydrogens is 378 g/mol. The zero-order chi connectivity index (χ0) is 21.4. The summed E-state index contributed by atoms with van der Waals surface area (Å²) in [6.07, 6.45) is 4.31. The van der Waals surface area contributed by atoms with Crippen molar-refractivity contribution in [3.8, 4) is 0 Å². The van der Waals surface area contributed by atoms with Gasteiger partial charge in [0.05, 0.1) is 11.0 Å². The molecule has 0 radical (unpaired) electrons. The highest BCUT2D eigenvalue weighted by atomic mass is 16.5. The van der Waals surface area contributed by atoms with Crippen LogP contribution in [-0.2, 0) is 16.1 Å². The minimum Gasteiger partial charge on any atom is -0.364 e. The van der Waals surface area contributed by atoms with Crippen LogP contribution in [0.4, 0.5) is 0 Å². The van der Waals surface area contributed by atoms with E-state index in [9.17, 15) is 4.79 Å². The molecule has 1 aliphatic carbocycles. The van der Waals surface area contributed by atoms with Crippen LogP contribution in [0, 0.1) is 0 Å². The van der Waals surface area contributed by atoms with Crippen LogP contribution < -0.4 is 16.0 Å². The third-order valence-corrected chi connectivity index (χ3v) is 6.17. The summed E-state index contributed by atoms with van der Waals surface area (Å²) in [7, 11) is 0. The molecule has 7 heteroatoms. The number of carbonyl (C=O) groups is 1. The van der Waals surface area contributed by atoms with E-state index in [-0.39, 0.29) is 29.6 Å². The number of nitrogens with one attached hydrogen (secondary N) is 4. The van der Waals surface area contributed by atoms with Gasteiger partial charge >= 0.3 is 0 Å². The Labute approximate surface area is 178 Å². The second-order valence-electron chi connectivity index (χ2n) is 10.2. The lowest BCUT2D eigenvalue weighted by Gasteiger charge is -2.49. The Hall–Kier alpha value is -1.96. The van der Waals surface area contributed by atoms with Crippen molar-refractivity contribution in [1.29, 1.82) is 0 Å². The molecule has 164 valence electrons. The molecule has 2 atom stereocenters. The quantitative estimate of drug-likeness (QED) is 0.560. The Balaban J connectivity index is 1.21. The molecule has 2 heterocycles. The summed E-state index contributed by atoms with van der Waals surface area (Å²) in [4.78, 5) is 20.0. The van der Waals surface area contributed by atoms with Gasteiger partial charge in [0.1, 0.15) is 19.0 Å². The number of aromatic amines is 1. The Morgan fingerprint density at radius 1 is 1.13 bits per heavy atom. The van der Waals surface area contributed by atoms with Gasteiger partial charge in [-0.1, -0.05) is 12.1 Å². The molecule has 2 aromatic rings. The third-order valence-electron chi connectivity index (χ3n) is 6.17. The van der Waals surface area contributed by atoms with Crippen LogP contribution in [0.1, 0.15) is 59.2 Å². The van der Waals surface area contributed by atoms with E-state index in [0.717, 1.165) is 42.5 Å². The number of amides is 1. The van der Waals surface area contributed by atoms with E-state index in [1.54, 1.807) is 0 Å². The largest absolute Gasteiger partial charge is 0.364 e. The van der Waals surface area contributed by atoms with Gasteiger partial charge in [-0.05, 0) is 65.5 Å². The van der Waals surface area contributed by atoms with Crippen molar-refractivity contribution in [3.63, 3.8) is 0 Å². The number of ether oxygens (including phenoxy) is 1. The van der Waals surface area contributed by atoms with Crippen LogP contribution in [0.5, 0.6) is 0 Å². The van der Waals surface area contributed by atoms with Crippen molar-refractivity contribution in [2.24, 2.45) is 0 Å². The van der Waals surface area contributed by atoms with Gasteiger partial charge in [-0.3, -0.25) is 4.79 Å². The molecule has 4 rings (SSSR count). The van der Waals surface area contributed by atoms with Crippen molar-refractivity contribution in [2.75, 3.05) is 6.61 Å². The van der Waals surface area contributed by atoms with Gasteiger partial charge < -0.3 is 25.7 Å². The van der Waals surface area contributed by atoms with Crippen molar-refractivity contribution < 1.29 is 9.53 Å². The maximum atomic E-state index is 12.3. The van der Waals surface area contributed by atoms with Gasteiger partial charge in [-0.15, -0.1) is 0 Å². The van der Waals surface area contributed by atoms with Crippen molar-refractivity contribution >= 4 is 16.9 Å². The van der Waals surface area contributed by atoms with Gasteiger partial charge in [-0.25, -0.2) is 4.98 Å². The maximum Gasteiger partial charge on any atom is 0.246 e. The zero-order valence-electron chi connectivity index (χ0n) is 18.5. The number of para-hydroxylation sites is 2. The van der Waals surface area contributed by atoms with Gasteiger partial charge in [-0.2, -0.15) is 0 Å². The average Bonchev–Trinajstić information content (AvgIpc) is 3.03. The maximum absolute atomic E-state index is 12.3. The fourth-order valence-electron chi connectivity index (χ4n) is 5.18. The molecule has 1 aromatic heterocycles. The third kappa shape index (κ3) is 5.20. The fourth-order valence-corrected chi connectivity index (χ4v) is 5.18. The summed E-state index contributed by atoms with van der Waals surface area (Å²) in [5, 5.41) is 10.7. The summed E-state index contributed by atoms with van der Waals surface area (Å²) in [5.74, 6) is 0.678. The minimum atomic E-state index is -0.0615.